The molecule has 0 spiro atoms. The highest BCUT2D eigenvalue weighted by Gasteiger charge is 2.38. The summed E-state index contributed by atoms with van der Waals surface area (Å²) in [4.78, 5) is 22.2. The first-order chi connectivity index (χ1) is 8.50. The van der Waals surface area contributed by atoms with Gasteiger partial charge in [0.15, 0.2) is 0 Å². The van der Waals surface area contributed by atoms with E-state index in [0.29, 0.717) is 12.8 Å². The monoisotopic (exact) mass is 528 g/mol. The van der Waals surface area contributed by atoms with Gasteiger partial charge < -0.3 is 10.2 Å². The van der Waals surface area contributed by atoms with E-state index in [2.05, 4.69) is 63.7 Å². The van der Waals surface area contributed by atoms with Crippen molar-refractivity contribution in [3.63, 3.8) is 0 Å². The van der Waals surface area contributed by atoms with Crippen LogP contribution in [0.4, 0.5) is 0 Å². The van der Waals surface area contributed by atoms with Crippen molar-refractivity contribution in [3.05, 3.63) is 0 Å². The molecule has 112 valence electrons. The third kappa shape index (κ3) is 8.80. The summed E-state index contributed by atoms with van der Waals surface area (Å²) in [5.41, 5.74) is -0.512. The van der Waals surface area contributed by atoms with Crippen LogP contribution in [0.2, 0.25) is 0 Å². The van der Waals surface area contributed by atoms with Gasteiger partial charge in [-0.3, -0.25) is 9.59 Å². The molecule has 0 aliphatic heterocycles. The number of rotatable bonds is 8. The van der Waals surface area contributed by atoms with Gasteiger partial charge >= 0.3 is 5.97 Å². The Kier molecular flexibility index (Phi) is 8.91. The van der Waals surface area contributed by atoms with Crippen LogP contribution in [0.3, 0.4) is 0 Å². The number of carbonyl (C=O) groups is 2. The Morgan fingerprint density at radius 1 is 1.26 bits per heavy atom. The molecule has 0 aliphatic carbocycles. The highest BCUT2D eigenvalue weighted by atomic mass is 80.0. The third-order valence-electron chi connectivity index (χ3n) is 2.80. The number of carbonyl (C=O) groups excluding carboxylic acids is 1. The van der Waals surface area contributed by atoms with E-state index in [1.165, 1.54) is 0 Å². The van der Waals surface area contributed by atoms with Gasteiger partial charge in [-0.05, 0) is 18.3 Å². The lowest BCUT2D eigenvalue weighted by atomic mass is 9.77. The van der Waals surface area contributed by atoms with Gasteiger partial charge in [-0.25, -0.2) is 0 Å². The van der Waals surface area contributed by atoms with E-state index >= 15 is 0 Å². The van der Waals surface area contributed by atoms with Gasteiger partial charge in [-0.2, -0.15) is 0 Å². The number of aliphatic carboxylic acids is 1. The molecule has 4 nitrogen and oxygen atoms in total. The molecule has 0 aromatic rings. The number of aliphatic hydroxyl groups is 1. The summed E-state index contributed by atoms with van der Waals surface area (Å²) in [6.07, 6.45) is 0.642. The number of ketones is 1. The first-order valence-electron chi connectivity index (χ1n) is 5.55. The molecule has 19 heavy (non-hydrogen) atoms. The average Bonchev–Trinajstić information content (AvgIpc) is 2.12. The number of halogens is 4. The second-order valence-electron chi connectivity index (χ2n) is 4.70. The fourth-order valence-electron chi connectivity index (χ4n) is 1.74. The maximum Gasteiger partial charge on any atom is 0.310 e. The van der Waals surface area contributed by atoms with E-state index in [1.54, 1.807) is 0 Å². The van der Waals surface area contributed by atoms with E-state index < -0.39 is 19.9 Å². The van der Waals surface area contributed by atoms with Crippen LogP contribution in [0, 0.1) is 5.41 Å². The maximum absolute atomic E-state index is 11.7. The summed E-state index contributed by atoms with van der Waals surface area (Å²) >= 11 is 13.7. The van der Waals surface area contributed by atoms with Crippen molar-refractivity contribution in [1.82, 2.24) is 0 Å². The molecule has 0 fully saturated rings. The van der Waals surface area contributed by atoms with Crippen LogP contribution >= 0.6 is 63.7 Å². The van der Waals surface area contributed by atoms with Crippen molar-refractivity contribution in [2.75, 3.05) is 6.61 Å². The molecule has 2 unspecified atom stereocenters. The van der Waals surface area contributed by atoms with Gasteiger partial charge in [-0.1, -0.05) is 70.6 Å². The zero-order chi connectivity index (χ0) is 15.3. The van der Waals surface area contributed by atoms with Gasteiger partial charge in [0.1, 0.15) is 14.3 Å². The topological polar surface area (TPSA) is 74.6 Å². The van der Waals surface area contributed by atoms with E-state index in [0.717, 1.165) is 0 Å². The number of hydrogen-bond donors (Lipinski definition) is 2. The summed E-state index contributed by atoms with van der Waals surface area (Å²) in [5.74, 6) is -1.46. The van der Waals surface area contributed by atoms with Crippen molar-refractivity contribution in [1.29, 1.82) is 0 Å². The Hall–Kier alpha value is 1.02. The van der Waals surface area contributed by atoms with Crippen LogP contribution in [-0.4, -0.2) is 35.5 Å². The molecule has 0 aromatic heterocycles. The van der Waals surface area contributed by atoms with E-state index in [4.69, 9.17) is 10.2 Å². The fourth-order valence-corrected chi connectivity index (χ4v) is 4.89. The van der Waals surface area contributed by atoms with Crippen molar-refractivity contribution < 1.29 is 19.8 Å². The molecule has 0 bridgehead atoms. The third-order valence-corrected chi connectivity index (χ3v) is 5.20. The second kappa shape index (κ2) is 8.46. The summed E-state index contributed by atoms with van der Waals surface area (Å²) in [7, 11) is 0. The lowest BCUT2D eigenvalue weighted by Gasteiger charge is -2.35. The molecule has 0 saturated carbocycles. The molecular formula is C11H16Br4O4. The quantitative estimate of drug-likeness (QED) is 0.369. The second-order valence-corrected chi connectivity index (χ2v) is 13.1. The first-order valence-corrected chi connectivity index (χ1v) is 8.85. The van der Waals surface area contributed by atoms with Crippen LogP contribution in [0.5, 0.6) is 0 Å². The number of aliphatic hydroxyl groups excluding tert-OH is 1. The Morgan fingerprint density at radius 3 is 2.16 bits per heavy atom. The fraction of sp³-hybridized carbons (Fsp3) is 0.818. The Morgan fingerprint density at radius 2 is 1.79 bits per heavy atom. The van der Waals surface area contributed by atoms with Gasteiger partial charge in [0.05, 0.1) is 0 Å². The maximum atomic E-state index is 11.7. The van der Waals surface area contributed by atoms with E-state index in [1.807, 2.05) is 6.92 Å². The minimum absolute atomic E-state index is 0.0567. The normalized spacial score (nSPS) is 16.7. The van der Waals surface area contributed by atoms with Gasteiger partial charge in [0.25, 0.3) is 0 Å². The molecule has 0 aliphatic rings. The van der Waals surface area contributed by atoms with Crippen LogP contribution in [0.1, 0.15) is 32.6 Å². The van der Waals surface area contributed by atoms with Gasteiger partial charge in [0.2, 0.25) is 0 Å². The Labute approximate surface area is 146 Å². The molecule has 0 rings (SSSR count). The number of Topliss-reactive ketones (excluding diaryl/α,β-unsaturated/α-hetero) is 1. The van der Waals surface area contributed by atoms with Crippen molar-refractivity contribution in [2.24, 2.45) is 5.41 Å². The van der Waals surface area contributed by atoms with Crippen LogP contribution < -0.4 is 0 Å². The largest absolute Gasteiger partial charge is 0.481 e. The molecule has 0 saturated heterocycles. The summed E-state index contributed by atoms with van der Waals surface area (Å²) in [6.45, 7) is 1.81. The zero-order valence-corrected chi connectivity index (χ0v) is 16.7. The van der Waals surface area contributed by atoms with Gasteiger partial charge in [0, 0.05) is 17.9 Å². The molecule has 2 atom stereocenters. The highest BCUT2D eigenvalue weighted by molar-refractivity contribution is 9.39. The van der Waals surface area contributed by atoms with Crippen LogP contribution in [0.25, 0.3) is 0 Å². The minimum atomic E-state index is -1.13. The minimum Gasteiger partial charge on any atom is -0.481 e. The SMILES string of the molecule is CC(CCO)(CC(=O)CC(=O)O)C(Br)CC(Br)(Br)Br. The Bertz CT molecular complexity index is 329. The Balaban J connectivity index is 4.82. The smallest absolute Gasteiger partial charge is 0.310 e. The predicted octanol–water partition coefficient (Wildman–Crippen LogP) is 3.80. The highest BCUT2D eigenvalue weighted by Crippen LogP contribution is 2.46. The average molecular weight is 532 g/mol. The number of carboxylic acids is 1. The number of carboxylic acid groups (broad SMARTS) is 1. The standard InChI is InChI=1S/C11H16Br4O4/c1-10(2-3-16,5-7(17)4-9(18)19)8(12)6-11(13,14)15/h8,16H,2-6H2,1H3,(H,18,19). The lowest BCUT2D eigenvalue weighted by molar-refractivity contribution is -0.140. The predicted molar refractivity (Wildman–Crippen MR) is 88.5 cm³/mol. The van der Waals surface area contributed by atoms with Crippen LogP contribution in [0.15, 0.2) is 0 Å². The van der Waals surface area contributed by atoms with E-state index in [9.17, 15) is 9.59 Å². The zero-order valence-electron chi connectivity index (χ0n) is 10.3. The molecule has 0 amide bonds. The molecule has 0 aromatic carbocycles. The lowest BCUT2D eigenvalue weighted by Crippen LogP contribution is -2.34. The first kappa shape index (κ1) is 20.0. The number of alkyl halides is 4. The molecule has 0 radical (unpaired) electrons. The van der Waals surface area contributed by atoms with Crippen LogP contribution in [-0.2, 0) is 9.59 Å². The summed E-state index contributed by atoms with van der Waals surface area (Å²) < 4.78 is -0.465. The van der Waals surface area contributed by atoms with Crippen molar-refractivity contribution in [2.45, 2.75) is 39.6 Å². The number of hydrogen-bond acceptors (Lipinski definition) is 3. The van der Waals surface area contributed by atoms with E-state index in [-0.39, 0.29) is 23.6 Å². The summed E-state index contributed by atoms with van der Waals surface area (Å²) in [6, 6.07) is 0. The summed E-state index contributed by atoms with van der Waals surface area (Å²) in [5, 5.41) is 17.8. The van der Waals surface area contributed by atoms with Gasteiger partial charge in [-0.15, -0.1) is 0 Å². The molecule has 8 heteroatoms. The molecule has 0 heterocycles. The molecular weight excluding hydrogens is 516 g/mol. The van der Waals surface area contributed by atoms with Crippen molar-refractivity contribution >= 4 is 75.5 Å². The van der Waals surface area contributed by atoms with Crippen molar-refractivity contribution in [3.8, 4) is 0 Å². The molecule has 2 N–H and O–H groups in total.